The number of carbonyl (C=O) groups excluding carboxylic acids is 1. The summed E-state index contributed by atoms with van der Waals surface area (Å²) in [7, 11) is 1.63. The van der Waals surface area contributed by atoms with Crippen molar-refractivity contribution < 1.29 is 14.6 Å². The van der Waals surface area contributed by atoms with Crippen LogP contribution in [-0.4, -0.2) is 53.3 Å². The molecule has 5 nitrogen and oxygen atoms in total. The van der Waals surface area contributed by atoms with Crippen molar-refractivity contribution in [2.24, 2.45) is 0 Å². The van der Waals surface area contributed by atoms with Crippen molar-refractivity contribution in [1.29, 1.82) is 0 Å². The van der Waals surface area contributed by atoms with Crippen LogP contribution in [0.2, 0.25) is 0 Å². The molecule has 104 valence electrons. The lowest BCUT2D eigenvalue weighted by Crippen LogP contribution is -2.50. The van der Waals surface area contributed by atoms with Crippen LogP contribution >= 0.6 is 0 Å². The number of nitrogens with zero attached hydrogens (tertiary/aromatic N) is 2. The van der Waals surface area contributed by atoms with Crippen LogP contribution in [0.15, 0.2) is 24.5 Å². The van der Waals surface area contributed by atoms with Crippen LogP contribution in [0.3, 0.4) is 0 Å². The lowest BCUT2D eigenvalue weighted by Gasteiger charge is -2.37. The van der Waals surface area contributed by atoms with Gasteiger partial charge in [0, 0.05) is 38.2 Å². The second kappa shape index (κ2) is 6.12. The van der Waals surface area contributed by atoms with Gasteiger partial charge in [0.1, 0.15) is 0 Å². The minimum Gasteiger partial charge on any atom is -0.394 e. The van der Waals surface area contributed by atoms with Gasteiger partial charge in [-0.3, -0.25) is 9.78 Å². The third kappa shape index (κ3) is 2.77. The summed E-state index contributed by atoms with van der Waals surface area (Å²) in [6.07, 6.45) is 5.62. The van der Waals surface area contributed by atoms with Crippen LogP contribution in [-0.2, 0) is 4.74 Å². The number of carbonyl (C=O) groups is 1. The van der Waals surface area contributed by atoms with Crippen molar-refractivity contribution in [3.63, 3.8) is 0 Å². The van der Waals surface area contributed by atoms with Gasteiger partial charge in [-0.25, -0.2) is 0 Å². The van der Waals surface area contributed by atoms with E-state index in [-0.39, 0.29) is 12.5 Å². The molecule has 2 heterocycles. The highest BCUT2D eigenvalue weighted by Crippen LogP contribution is 2.33. The molecule has 1 aromatic rings. The first-order valence-electron chi connectivity index (χ1n) is 6.55. The van der Waals surface area contributed by atoms with Gasteiger partial charge < -0.3 is 14.7 Å². The number of methoxy groups -OCH3 is 1. The normalized spacial score (nSPS) is 22.7. The number of rotatable bonds is 5. The van der Waals surface area contributed by atoms with Crippen LogP contribution in [0.1, 0.15) is 29.6 Å². The van der Waals surface area contributed by atoms with Gasteiger partial charge in [-0.1, -0.05) is 0 Å². The Balaban J connectivity index is 2.19. The SMILES string of the molecule is COCCC1(CO)CCCN1C(=O)c1ccncc1. The number of aromatic nitrogens is 1. The van der Waals surface area contributed by atoms with E-state index in [1.54, 1.807) is 36.5 Å². The van der Waals surface area contributed by atoms with E-state index in [1.807, 2.05) is 0 Å². The van der Waals surface area contributed by atoms with Crippen molar-refractivity contribution in [1.82, 2.24) is 9.88 Å². The van der Waals surface area contributed by atoms with Crippen molar-refractivity contribution in [2.45, 2.75) is 24.8 Å². The molecule has 0 bridgehead atoms. The molecule has 2 rings (SSSR count). The molecule has 1 saturated heterocycles. The Labute approximate surface area is 113 Å². The van der Waals surface area contributed by atoms with Crippen LogP contribution < -0.4 is 0 Å². The highest BCUT2D eigenvalue weighted by atomic mass is 16.5. The summed E-state index contributed by atoms with van der Waals surface area (Å²) >= 11 is 0. The molecule has 19 heavy (non-hydrogen) atoms. The first-order chi connectivity index (χ1) is 9.23. The number of aliphatic hydroxyl groups is 1. The van der Waals surface area contributed by atoms with Crippen molar-refractivity contribution >= 4 is 5.91 Å². The van der Waals surface area contributed by atoms with Crippen LogP contribution in [0.4, 0.5) is 0 Å². The fraction of sp³-hybridized carbons (Fsp3) is 0.571. The summed E-state index contributed by atoms with van der Waals surface area (Å²) in [5.41, 5.74) is 0.142. The number of hydrogen-bond acceptors (Lipinski definition) is 4. The van der Waals surface area contributed by atoms with E-state index in [9.17, 15) is 9.90 Å². The van der Waals surface area contributed by atoms with Gasteiger partial charge in [-0.15, -0.1) is 0 Å². The van der Waals surface area contributed by atoms with Gasteiger partial charge in [0.05, 0.1) is 12.1 Å². The number of hydrogen-bond donors (Lipinski definition) is 1. The highest BCUT2D eigenvalue weighted by molar-refractivity contribution is 5.94. The van der Waals surface area contributed by atoms with E-state index in [2.05, 4.69) is 4.98 Å². The zero-order valence-electron chi connectivity index (χ0n) is 11.2. The summed E-state index contributed by atoms with van der Waals surface area (Å²) < 4.78 is 5.11. The first kappa shape index (κ1) is 14.0. The maximum Gasteiger partial charge on any atom is 0.254 e. The quantitative estimate of drug-likeness (QED) is 0.864. The molecule has 1 atom stereocenters. The highest BCUT2D eigenvalue weighted by Gasteiger charge is 2.42. The molecule has 5 heteroatoms. The summed E-state index contributed by atoms with van der Waals surface area (Å²) in [4.78, 5) is 18.2. The predicted molar refractivity (Wildman–Crippen MR) is 70.8 cm³/mol. The topological polar surface area (TPSA) is 62.7 Å². The van der Waals surface area contributed by atoms with Crippen LogP contribution in [0, 0.1) is 0 Å². The molecule has 1 aliphatic heterocycles. The summed E-state index contributed by atoms with van der Waals surface area (Å²) in [6.45, 7) is 1.21. The maximum absolute atomic E-state index is 12.5. The van der Waals surface area contributed by atoms with E-state index in [4.69, 9.17) is 4.74 Å². The van der Waals surface area contributed by atoms with Gasteiger partial charge in [-0.2, -0.15) is 0 Å². The third-order valence-corrected chi connectivity index (χ3v) is 3.83. The average Bonchev–Trinajstić information content (AvgIpc) is 2.89. The van der Waals surface area contributed by atoms with E-state index in [0.717, 1.165) is 12.8 Å². The second-order valence-electron chi connectivity index (χ2n) is 4.92. The van der Waals surface area contributed by atoms with Gasteiger partial charge in [0.25, 0.3) is 5.91 Å². The van der Waals surface area contributed by atoms with Gasteiger partial charge in [-0.05, 0) is 31.4 Å². The number of pyridine rings is 1. The van der Waals surface area contributed by atoms with E-state index < -0.39 is 5.54 Å². The molecule has 0 spiro atoms. The monoisotopic (exact) mass is 264 g/mol. The molecule has 1 amide bonds. The molecule has 0 aliphatic carbocycles. The molecule has 1 fully saturated rings. The summed E-state index contributed by atoms with van der Waals surface area (Å²) in [6, 6.07) is 3.41. The molecule has 0 saturated carbocycles. The van der Waals surface area contributed by atoms with E-state index >= 15 is 0 Å². The fourth-order valence-corrected chi connectivity index (χ4v) is 2.70. The first-order valence-corrected chi connectivity index (χ1v) is 6.55. The maximum atomic E-state index is 12.5. The number of aliphatic hydroxyl groups excluding tert-OH is 1. The minimum atomic E-state index is -0.476. The molecular weight excluding hydrogens is 244 g/mol. The smallest absolute Gasteiger partial charge is 0.254 e. The van der Waals surface area contributed by atoms with Gasteiger partial charge in [0.2, 0.25) is 0 Å². The Morgan fingerprint density at radius 1 is 1.53 bits per heavy atom. The van der Waals surface area contributed by atoms with Gasteiger partial charge >= 0.3 is 0 Å². The molecule has 0 radical (unpaired) electrons. The molecule has 1 N–H and O–H groups in total. The Kier molecular flexibility index (Phi) is 4.50. The Bertz CT molecular complexity index is 424. The molecule has 1 aromatic heterocycles. The average molecular weight is 264 g/mol. The van der Waals surface area contributed by atoms with E-state index in [1.165, 1.54) is 0 Å². The molecular formula is C14H20N2O3. The second-order valence-corrected chi connectivity index (χ2v) is 4.92. The zero-order valence-corrected chi connectivity index (χ0v) is 11.2. The molecule has 0 aromatic carbocycles. The standard InChI is InChI=1S/C14H20N2O3/c1-19-10-6-14(11-17)5-2-9-16(14)13(18)12-3-7-15-8-4-12/h3-4,7-8,17H,2,5-6,9-11H2,1H3. The molecule has 1 unspecified atom stereocenters. The van der Waals surface area contributed by atoms with Gasteiger partial charge in [0.15, 0.2) is 0 Å². The fourth-order valence-electron chi connectivity index (χ4n) is 2.70. The van der Waals surface area contributed by atoms with Crippen molar-refractivity contribution in [3.8, 4) is 0 Å². The summed E-state index contributed by atoms with van der Waals surface area (Å²) in [5, 5.41) is 9.75. The number of likely N-dealkylation sites (tertiary alicyclic amines) is 1. The molecule has 1 aliphatic rings. The summed E-state index contributed by atoms with van der Waals surface area (Å²) in [5.74, 6) is -0.0370. The Morgan fingerprint density at radius 2 is 2.26 bits per heavy atom. The predicted octanol–water partition coefficient (Wildman–Crippen LogP) is 1.09. The van der Waals surface area contributed by atoms with E-state index in [0.29, 0.717) is 25.1 Å². The van der Waals surface area contributed by atoms with Crippen LogP contribution in [0.25, 0.3) is 0 Å². The Hall–Kier alpha value is -1.46. The minimum absolute atomic E-state index is 0.0207. The zero-order chi connectivity index (χ0) is 13.7. The Morgan fingerprint density at radius 3 is 2.89 bits per heavy atom. The lowest BCUT2D eigenvalue weighted by atomic mass is 9.93. The van der Waals surface area contributed by atoms with Crippen LogP contribution in [0.5, 0.6) is 0 Å². The number of amides is 1. The van der Waals surface area contributed by atoms with Crippen molar-refractivity contribution in [2.75, 3.05) is 26.9 Å². The van der Waals surface area contributed by atoms with Crippen molar-refractivity contribution in [3.05, 3.63) is 30.1 Å². The number of ether oxygens (including phenoxy) is 1. The largest absolute Gasteiger partial charge is 0.394 e. The third-order valence-electron chi connectivity index (χ3n) is 3.83. The lowest BCUT2D eigenvalue weighted by molar-refractivity contribution is 0.0270.